The summed E-state index contributed by atoms with van der Waals surface area (Å²) in [7, 11) is 0. The Bertz CT molecular complexity index is 125. The van der Waals surface area contributed by atoms with E-state index >= 15 is 0 Å². The zero-order valence-electron chi connectivity index (χ0n) is 7.53. The summed E-state index contributed by atoms with van der Waals surface area (Å²) in [6, 6.07) is 0. The monoisotopic (exact) mass is 153 g/mol. The minimum atomic E-state index is 0.972. The van der Waals surface area contributed by atoms with Crippen LogP contribution >= 0.6 is 0 Å². The minimum Gasteiger partial charge on any atom is -0.313 e. The third-order valence-electron chi connectivity index (χ3n) is 2.53. The maximum Gasteiger partial charge on any atom is 0.0161 e. The van der Waals surface area contributed by atoms with Gasteiger partial charge in [-0.05, 0) is 31.7 Å². The van der Waals surface area contributed by atoms with E-state index in [0.29, 0.717) is 0 Å². The molecule has 1 heteroatoms. The van der Waals surface area contributed by atoms with Gasteiger partial charge in [0.05, 0.1) is 0 Å². The van der Waals surface area contributed by atoms with Gasteiger partial charge in [-0.15, -0.1) is 0 Å². The fraction of sp³-hybridized carbons (Fsp3) is 0.800. The molecule has 1 aliphatic carbocycles. The van der Waals surface area contributed by atoms with E-state index in [-0.39, 0.29) is 0 Å². The van der Waals surface area contributed by atoms with E-state index < -0.39 is 0 Å². The second kappa shape index (κ2) is 4.55. The summed E-state index contributed by atoms with van der Waals surface area (Å²) in [6.07, 6.45) is 5.43. The van der Waals surface area contributed by atoms with Gasteiger partial charge in [-0.1, -0.05) is 25.5 Å². The second-order valence-corrected chi connectivity index (χ2v) is 3.53. The molecular weight excluding hydrogens is 134 g/mol. The molecule has 1 saturated carbocycles. The van der Waals surface area contributed by atoms with Gasteiger partial charge in [0, 0.05) is 6.54 Å². The molecule has 0 amide bonds. The molecule has 64 valence electrons. The van der Waals surface area contributed by atoms with Crippen LogP contribution in [0.5, 0.6) is 0 Å². The van der Waals surface area contributed by atoms with Crippen molar-refractivity contribution in [2.75, 3.05) is 13.1 Å². The smallest absolute Gasteiger partial charge is 0.0161 e. The molecule has 0 heterocycles. The standard InChI is InChI=1S/C10H19N/c1-3-9(2)7-11-8-10-5-4-6-10/h10-11H,2-8H2,1H3. The molecule has 1 nitrogen and oxygen atoms in total. The van der Waals surface area contributed by atoms with E-state index in [9.17, 15) is 0 Å². The Hall–Kier alpha value is -0.300. The fourth-order valence-corrected chi connectivity index (χ4v) is 1.27. The lowest BCUT2D eigenvalue weighted by molar-refractivity contribution is 0.305. The molecule has 0 spiro atoms. The molecule has 0 aromatic carbocycles. The normalized spacial score (nSPS) is 17.9. The average Bonchev–Trinajstić information content (AvgIpc) is 1.94. The second-order valence-electron chi connectivity index (χ2n) is 3.53. The first kappa shape index (κ1) is 8.79. The van der Waals surface area contributed by atoms with Gasteiger partial charge in [-0.3, -0.25) is 0 Å². The van der Waals surface area contributed by atoms with E-state index in [1.54, 1.807) is 0 Å². The highest BCUT2D eigenvalue weighted by Gasteiger charge is 2.15. The Morgan fingerprint density at radius 2 is 2.27 bits per heavy atom. The predicted octanol–water partition coefficient (Wildman–Crippen LogP) is 2.34. The molecule has 0 aromatic heterocycles. The van der Waals surface area contributed by atoms with Crippen LogP contribution in [-0.2, 0) is 0 Å². The quantitative estimate of drug-likeness (QED) is 0.598. The van der Waals surface area contributed by atoms with Crippen LogP contribution in [0.3, 0.4) is 0 Å². The van der Waals surface area contributed by atoms with Crippen molar-refractivity contribution < 1.29 is 0 Å². The molecule has 0 aromatic rings. The fourth-order valence-electron chi connectivity index (χ4n) is 1.27. The average molecular weight is 153 g/mol. The summed E-state index contributed by atoms with van der Waals surface area (Å²) in [4.78, 5) is 0. The topological polar surface area (TPSA) is 12.0 Å². The summed E-state index contributed by atoms with van der Waals surface area (Å²) in [6.45, 7) is 8.34. The summed E-state index contributed by atoms with van der Waals surface area (Å²) in [5, 5.41) is 3.44. The maximum atomic E-state index is 3.95. The van der Waals surface area contributed by atoms with E-state index in [2.05, 4.69) is 18.8 Å². The van der Waals surface area contributed by atoms with Gasteiger partial charge >= 0.3 is 0 Å². The van der Waals surface area contributed by atoms with E-state index in [1.165, 1.54) is 31.4 Å². The highest BCUT2D eigenvalue weighted by atomic mass is 14.9. The third-order valence-corrected chi connectivity index (χ3v) is 2.53. The Morgan fingerprint density at radius 1 is 1.55 bits per heavy atom. The summed E-state index contributed by atoms with van der Waals surface area (Å²) in [5.41, 5.74) is 1.32. The third kappa shape index (κ3) is 3.06. The Balaban J connectivity index is 1.90. The molecule has 1 N–H and O–H groups in total. The van der Waals surface area contributed by atoms with Crippen LogP contribution in [0.4, 0.5) is 0 Å². The van der Waals surface area contributed by atoms with Crippen molar-refractivity contribution in [2.45, 2.75) is 32.6 Å². The number of hydrogen-bond acceptors (Lipinski definition) is 1. The Kier molecular flexibility index (Phi) is 3.64. The van der Waals surface area contributed by atoms with Crippen LogP contribution in [0.1, 0.15) is 32.6 Å². The SMILES string of the molecule is C=C(CC)CNCC1CCC1. The van der Waals surface area contributed by atoms with Gasteiger partial charge < -0.3 is 5.32 Å². The van der Waals surface area contributed by atoms with Crippen molar-refractivity contribution in [2.24, 2.45) is 5.92 Å². The van der Waals surface area contributed by atoms with Gasteiger partial charge in [0.15, 0.2) is 0 Å². The van der Waals surface area contributed by atoms with Gasteiger partial charge in [-0.2, -0.15) is 0 Å². The Labute approximate surface area is 69.9 Å². The van der Waals surface area contributed by atoms with Crippen molar-refractivity contribution in [1.29, 1.82) is 0 Å². The lowest BCUT2D eigenvalue weighted by Gasteiger charge is -2.25. The zero-order chi connectivity index (χ0) is 8.10. The van der Waals surface area contributed by atoms with Crippen LogP contribution in [0.15, 0.2) is 12.2 Å². The van der Waals surface area contributed by atoms with Crippen LogP contribution in [0, 0.1) is 5.92 Å². The first-order valence-corrected chi connectivity index (χ1v) is 4.70. The lowest BCUT2D eigenvalue weighted by atomic mass is 9.85. The number of nitrogens with one attached hydrogen (secondary N) is 1. The van der Waals surface area contributed by atoms with E-state index in [4.69, 9.17) is 0 Å². The van der Waals surface area contributed by atoms with Crippen molar-refractivity contribution in [1.82, 2.24) is 5.32 Å². The molecule has 1 aliphatic rings. The first-order chi connectivity index (χ1) is 5.33. The molecule has 11 heavy (non-hydrogen) atoms. The van der Waals surface area contributed by atoms with Crippen molar-refractivity contribution in [3.05, 3.63) is 12.2 Å². The molecule has 0 saturated heterocycles. The van der Waals surface area contributed by atoms with Crippen molar-refractivity contribution in [3.8, 4) is 0 Å². The van der Waals surface area contributed by atoms with Crippen LogP contribution < -0.4 is 5.32 Å². The van der Waals surface area contributed by atoms with E-state index in [1.807, 2.05) is 0 Å². The Morgan fingerprint density at radius 3 is 2.73 bits per heavy atom. The minimum absolute atomic E-state index is 0.972. The van der Waals surface area contributed by atoms with E-state index in [0.717, 1.165) is 18.9 Å². The van der Waals surface area contributed by atoms with Crippen LogP contribution in [-0.4, -0.2) is 13.1 Å². The number of hydrogen-bond donors (Lipinski definition) is 1. The molecule has 0 aliphatic heterocycles. The lowest BCUT2D eigenvalue weighted by Crippen LogP contribution is -2.28. The molecule has 1 rings (SSSR count). The molecular formula is C10H19N. The number of rotatable bonds is 5. The summed E-state index contributed by atoms with van der Waals surface area (Å²) < 4.78 is 0. The molecule has 1 fully saturated rings. The highest BCUT2D eigenvalue weighted by Crippen LogP contribution is 2.25. The maximum absolute atomic E-state index is 3.95. The predicted molar refractivity (Wildman–Crippen MR) is 49.6 cm³/mol. The van der Waals surface area contributed by atoms with Gasteiger partial charge in [-0.25, -0.2) is 0 Å². The summed E-state index contributed by atoms with van der Waals surface area (Å²) in [5.74, 6) is 0.972. The summed E-state index contributed by atoms with van der Waals surface area (Å²) >= 11 is 0. The van der Waals surface area contributed by atoms with Crippen molar-refractivity contribution >= 4 is 0 Å². The van der Waals surface area contributed by atoms with Gasteiger partial charge in [0.25, 0.3) is 0 Å². The largest absolute Gasteiger partial charge is 0.313 e. The zero-order valence-corrected chi connectivity index (χ0v) is 7.53. The molecule has 0 bridgehead atoms. The molecule has 0 unspecified atom stereocenters. The highest BCUT2D eigenvalue weighted by molar-refractivity contribution is 4.95. The van der Waals surface area contributed by atoms with Gasteiger partial charge in [0.2, 0.25) is 0 Å². The molecule has 0 atom stereocenters. The molecule has 0 radical (unpaired) electrons. The first-order valence-electron chi connectivity index (χ1n) is 4.70. The van der Waals surface area contributed by atoms with Crippen LogP contribution in [0.25, 0.3) is 0 Å². The van der Waals surface area contributed by atoms with Crippen molar-refractivity contribution in [3.63, 3.8) is 0 Å². The van der Waals surface area contributed by atoms with Gasteiger partial charge in [0.1, 0.15) is 0 Å². The van der Waals surface area contributed by atoms with Crippen LogP contribution in [0.2, 0.25) is 0 Å².